The fourth-order valence-electron chi connectivity index (χ4n) is 1.83. The van der Waals surface area contributed by atoms with Gasteiger partial charge in [-0.1, -0.05) is 17.7 Å². The molecule has 0 unspecified atom stereocenters. The Balaban J connectivity index is 1.89. The van der Waals surface area contributed by atoms with Crippen molar-refractivity contribution in [1.82, 2.24) is 5.43 Å². The van der Waals surface area contributed by atoms with Crippen molar-refractivity contribution in [3.05, 3.63) is 57.2 Å². The molecule has 0 saturated carbocycles. The van der Waals surface area contributed by atoms with Crippen LogP contribution in [0.25, 0.3) is 0 Å². The average molecular weight is 423 g/mol. The molecule has 23 heavy (non-hydrogen) atoms. The van der Waals surface area contributed by atoms with Gasteiger partial charge >= 0.3 is 6.03 Å². The number of aryl methyl sites for hydroxylation is 1. The van der Waals surface area contributed by atoms with Crippen molar-refractivity contribution in [1.29, 1.82) is 0 Å². The number of amides is 2. The Morgan fingerprint density at radius 2 is 2.00 bits per heavy atom. The van der Waals surface area contributed by atoms with Crippen molar-refractivity contribution in [3.63, 3.8) is 0 Å². The molecule has 5 nitrogen and oxygen atoms in total. The van der Waals surface area contributed by atoms with Gasteiger partial charge in [-0.2, -0.15) is 5.10 Å². The Morgan fingerprint density at radius 3 is 2.65 bits per heavy atom. The molecular formula is C17H18IN3O2. The molecule has 0 aliphatic carbocycles. The summed E-state index contributed by atoms with van der Waals surface area (Å²) < 4.78 is 6.48. The number of hydrazone groups is 1. The third kappa shape index (κ3) is 5.55. The first-order valence-corrected chi connectivity index (χ1v) is 8.25. The van der Waals surface area contributed by atoms with Gasteiger partial charge < -0.3 is 10.1 Å². The highest BCUT2D eigenvalue weighted by Crippen LogP contribution is 2.21. The van der Waals surface area contributed by atoms with Crippen LogP contribution in [0, 0.1) is 10.5 Å². The lowest BCUT2D eigenvalue weighted by atomic mass is 10.2. The van der Waals surface area contributed by atoms with Crippen molar-refractivity contribution in [3.8, 4) is 5.75 Å². The molecule has 0 aliphatic rings. The summed E-state index contributed by atoms with van der Waals surface area (Å²) in [7, 11) is 0. The highest BCUT2D eigenvalue weighted by molar-refractivity contribution is 14.1. The fraction of sp³-hybridized carbons (Fsp3) is 0.176. The average Bonchev–Trinajstić information content (AvgIpc) is 2.52. The molecule has 0 spiro atoms. The monoisotopic (exact) mass is 423 g/mol. The standard InChI is InChI=1S/C17H18IN3O2/c1-3-23-16-9-6-13(10-15(16)18)11-19-21-17(22)20-14-7-4-12(2)5-8-14/h4-11H,3H2,1-2H3,(H2,20,21,22)/b19-11+. The van der Waals surface area contributed by atoms with Crippen LogP contribution in [0.4, 0.5) is 10.5 Å². The van der Waals surface area contributed by atoms with Crippen LogP contribution in [-0.4, -0.2) is 18.9 Å². The minimum atomic E-state index is -0.384. The molecule has 2 N–H and O–H groups in total. The molecule has 2 rings (SSSR count). The number of benzene rings is 2. The van der Waals surface area contributed by atoms with Gasteiger partial charge in [-0.25, -0.2) is 10.2 Å². The molecule has 120 valence electrons. The van der Waals surface area contributed by atoms with Crippen LogP contribution in [0.3, 0.4) is 0 Å². The van der Waals surface area contributed by atoms with Gasteiger partial charge in [0.2, 0.25) is 0 Å². The van der Waals surface area contributed by atoms with Crippen molar-refractivity contribution in [2.45, 2.75) is 13.8 Å². The lowest BCUT2D eigenvalue weighted by Crippen LogP contribution is -2.24. The third-order valence-corrected chi connectivity index (χ3v) is 3.79. The fourth-order valence-corrected chi connectivity index (χ4v) is 2.53. The maximum atomic E-state index is 11.7. The van der Waals surface area contributed by atoms with E-state index >= 15 is 0 Å². The SMILES string of the molecule is CCOc1ccc(/C=N/NC(=O)Nc2ccc(C)cc2)cc1I. The van der Waals surface area contributed by atoms with E-state index < -0.39 is 0 Å². The molecule has 0 fully saturated rings. The number of rotatable bonds is 5. The van der Waals surface area contributed by atoms with Crippen molar-refractivity contribution in [2.24, 2.45) is 5.10 Å². The minimum Gasteiger partial charge on any atom is -0.493 e. The third-order valence-electron chi connectivity index (χ3n) is 2.94. The van der Waals surface area contributed by atoms with Crippen LogP contribution in [0.5, 0.6) is 5.75 Å². The normalized spacial score (nSPS) is 10.6. The molecule has 0 heterocycles. The number of hydrogen-bond donors (Lipinski definition) is 2. The summed E-state index contributed by atoms with van der Waals surface area (Å²) in [5, 5.41) is 6.65. The number of nitrogens with zero attached hydrogens (tertiary/aromatic N) is 1. The zero-order chi connectivity index (χ0) is 16.7. The first-order chi connectivity index (χ1) is 11.1. The van der Waals surface area contributed by atoms with E-state index in [0.29, 0.717) is 6.61 Å². The molecule has 0 atom stereocenters. The second-order valence-electron chi connectivity index (χ2n) is 4.81. The summed E-state index contributed by atoms with van der Waals surface area (Å²) in [5.74, 6) is 0.843. The zero-order valence-electron chi connectivity index (χ0n) is 13.0. The van der Waals surface area contributed by atoms with E-state index in [4.69, 9.17) is 4.74 Å². The first kappa shape index (κ1) is 17.3. The number of hydrogen-bond acceptors (Lipinski definition) is 3. The number of urea groups is 1. The van der Waals surface area contributed by atoms with Crippen molar-refractivity contribution in [2.75, 3.05) is 11.9 Å². The van der Waals surface area contributed by atoms with Crippen LogP contribution < -0.4 is 15.5 Å². The van der Waals surface area contributed by atoms with Gasteiger partial charge in [-0.3, -0.25) is 0 Å². The number of nitrogens with one attached hydrogen (secondary N) is 2. The Labute approximate surface area is 149 Å². The van der Waals surface area contributed by atoms with E-state index in [1.807, 2.05) is 56.3 Å². The van der Waals surface area contributed by atoms with Crippen molar-refractivity contribution < 1.29 is 9.53 Å². The maximum Gasteiger partial charge on any atom is 0.339 e. The largest absolute Gasteiger partial charge is 0.493 e. The molecule has 0 bridgehead atoms. The Bertz CT molecular complexity index is 699. The quantitative estimate of drug-likeness (QED) is 0.431. The van der Waals surface area contributed by atoms with Gasteiger partial charge in [0.05, 0.1) is 16.4 Å². The number of anilines is 1. The van der Waals surface area contributed by atoms with E-state index in [9.17, 15) is 4.79 Å². The van der Waals surface area contributed by atoms with E-state index in [0.717, 1.165) is 26.1 Å². The molecule has 2 aromatic rings. The second-order valence-corrected chi connectivity index (χ2v) is 5.98. The van der Waals surface area contributed by atoms with E-state index in [1.165, 1.54) is 0 Å². The predicted octanol–water partition coefficient (Wildman–Crippen LogP) is 4.15. The molecule has 6 heteroatoms. The van der Waals surface area contributed by atoms with Crippen LogP contribution in [0.15, 0.2) is 47.6 Å². The van der Waals surface area contributed by atoms with E-state index in [-0.39, 0.29) is 6.03 Å². The van der Waals surface area contributed by atoms with E-state index in [2.05, 4.69) is 38.4 Å². The van der Waals surface area contributed by atoms with Crippen LogP contribution in [-0.2, 0) is 0 Å². The van der Waals surface area contributed by atoms with Gasteiger partial charge in [0.1, 0.15) is 5.75 Å². The predicted molar refractivity (Wildman–Crippen MR) is 101 cm³/mol. The molecule has 0 saturated heterocycles. The summed E-state index contributed by atoms with van der Waals surface area (Å²) >= 11 is 2.21. The zero-order valence-corrected chi connectivity index (χ0v) is 15.1. The van der Waals surface area contributed by atoms with Crippen LogP contribution >= 0.6 is 22.6 Å². The summed E-state index contributed by atoms with van der Waals surface area (Å²) in [6, 6.07) is 12.9. The van der Waals surface area contributed by atoms with Gasteiger partial charge in [0.15, 0.2) is 0 Å². The van der Waals surface area contributed by atoms with Gasteiger partial charge in [-0.15, -0.1) is 0 Å². The lowest BCUT2D eigenvalue weighted by molar-refractivity contribution is 0.252. The number of carbonyl (C=O) groups is 1. The maximum absolute atomic E-state index is 11.7. The lowest BCUT2D eigenvalue weighted by Gasteiger charge is -2.06. The molecule has 0 radical (unpaired) electrons. The summed E-state index contributed by atoms with van der Waals surface area (Å²) in [6.45, 7) is 4.57. The van der Waals surface area contributed by atoms with Gasteiger partial charge in [0, 0.05) is 5.69 Å². The summed E-state index contributed by atoms with van der Waals surface area (Å²) in [5.41, 5.74) is 5.18. The smallest absolute Gasteiger partial charge is 0.339 e. The number of halogens is 1. The molecule has 2 amide bonds. The highest BCUT2D eigenvalue weighted by Gasteiger charge is 2.01. The highest BCUT2D eigenvalue weighted by atomic mass is 127. The van der Waals surface area contributed by atoms with Crippen LogP contribution in [0.2, 0.25) is 0 Å². The summed E-state index contributed by atoms with van der Waals surface area (Å²) in [4.78, 5) is 11.7. The second kappa shape index (κ2) is 8.52. The minimum absolute atomic E-state index is 0.384. The Hall–Kier alpha value is -2.09. The molecule has 0 aromatic heterocycles. The first-order valence-electron chi connectivity index (χ1n) is 7.17. The molecule has 2 aromatic carbocycles. The van der Waals surface area contributed by atoms with Crippen LogP contribution in [0.1, 0.15) is 18.1 Å². The van der Waals surface area contributed by atoms with Gasteiger partial charge in [0.25, 0.3) is 0 Å². The Morgan fingerprint density at radius 1 is 1.26 bits per heavy atom. The number of carbonyl (C=O) groups excluding carboxylic acids is 1. The number of ether oxygens (including phenoxy) is 1. The van der Waals surface area contributed by atoms with Crippen molar-refractivity contribution >= 4 is 40.5 Å². The van der Waals surface area contributed by atoms with E-state index in [1.54, 1.807) is 6.21 Å². The summed E-state index contributed by atoms with van der Waals surface area (Å²) in [6.07, 6.45) is 1.59. The molecule has 0 aliphatic heterocycles. The molecular weight excluding hydrogens is 405 g/mol. The Kier molecular flexibility index (Phi) is 6.40. The van der Waals surface area contributed by atoms with Gasteiger partial charge in [-0.05, 0) is 72.3 Å². The topological polar surface area (TPSA) is 62.7 Å².